The molecule has 1 saturated heterocycles. The fourth-order valence-electron chi connectivity index (χ4n) is 4.96. The highest BCUT2D eigenvalue weighted by Crippen LogP contribution is 2.38. The Morgan fingerprint density at radius 3 is 2.65 bits per heavy atom. The number of rotatable bonds is 10. The summed E-state index contributed by atoms with van der Waals surface area (Å²) in [6.07, 6.45) is 3.51. The summed E-state index contributed by atoms with van der Waals surface area (Å²) in [6.45, 7) is 16.9. The van der Waals surface area contributed by atoms with Crippen molar-refractivity contribution >= 4 is 48.4 Å². The summed E-state index contributed by atoms with van der Waals surface area (Å²) in [5.74, 6) is 0.538. The van der Waals surface area contributed by atoms with E-state index in [4.69, 9.17) is 31.0 Å². The highest BCUT2D eigenvalue weighted by atomic mass is 35.5. The first-order chi connectivity index (χ1) is 18.8. The van der Waals surface area contributed by atoms with E-state index in [0.717, 1.165) is 18.3 Å². The summed E-state index contributed by atoms with van der Waals surface area (Å²) in [6, 6.07) is 0.634. The molecule has 4 heterocycles. The molecule has 1 fully saturated rings. The predicted molar refractivity (Wildman–Crippen MR) is 157 cm³/mol. The van der Waals surface area contributed by atoms with Crippen LogP contribution in [0.3, 0.4) is 0 Å². The van der Waals surface area contributed by atoms with Gasteiger partial charge in [-0.3, -0.25) is 4.68 Å². The van der Waals surface area contributed by atoms with Crippen LogP contribution in [-0.4, -0.2) is 79.0 Å². The van der Waals surface area contributed by atoms with E-state index in [-0.39, 0.29) is 35.2 Å². The molecule has 2 N–H and O–H groups in total. The van der Waals surface area contributed by atoms with Crippen molar-refractivity contribution in [2.24, 2.45) is 5.41 Å². The van der Waals surface area contributed by atoms with Gasteiger partial charge in [-0.25, -0.2) is 9.48 Å². The number of nitrogens with one attached hydrogen (secondary N) is 1. The summed E-state index contributed by atoms with van der Waals surface area (Å²) in [5.41, 5.74) is 0.813. The van der Waals surface area contributed by atoms with Crippen LogP contribution in [0.2, 0.25) is 30.8 Å². The van der Waals surface area contributed by atoms with Crippen LogP contribution in [0.1, 0.15) is 40.5 Å². The van der Waals surface area contributed by atoms with Crippen LogP contribution in [-0.2, 0) is 18.0 Å². The van der Waals surface area contributed by atoms with Crippen LogP contribution in [0.15, 0.2) is 12.4 Å². The zero-order chi connectivity index (χ0) is 29.2. The Morgan fingerprint density at radius 1 is 1.27 bits per heavy atom. The quantitative estimate of drug-likeness (QED) is 0.225. The lowest BCUT2D eigenvalue weighted by atomic mass is 9.79. The average Bonchev–Trinajstić information content (AvgIpc) is 3.44. The number of anilines is 2. The number of halogens is 1. The van der Waals surface area contributed by atoms with Gasteiger partial charge in [0, 0.05) is 34.0 Å². The zero-order valence-electron chi connectivity index (χ0n) is 24.4. The van der Waals surface area contributed by atoms with E-state index in [1.807, 2.05) is 33.9 Å². The average molecular weight is 593 g/mol. The fourth-order valence-corrected chi connectivity index (χ4v) is 5.97. The highest BCUT2D eigenvalue weighted by molar-refractivity contribution is 6.76. The molecule has 0 aromatic carbocycles. The third-order valence-electron chi connectivity index (χ3n) is 6.91. The van der Waals surface area contributed by atoms with Crippen molar-refractivity contribution in [3.8, 4) is 5.88 Å². The molecule has 14 heteroatoms. The molecular formula is C26H41ClN8O4Si. The third-order valence-corrected chi connectivity index (χ3v) is 8.88. The largest absolute Gasteiger partial charge is 0.471 e. The van der Waals surface area contributed by atoms with Crippen LogP contribution in [0.25, 0.3) is 11.0 Å². The SMILES string of the molecule is CCn1cc(Nc2nc(OC3CCCN(C(=O)O)C3C(C)(C)C)c3c(Cl)nn(COCC[Si](C)(C)C)c3n2)cn1. The van der Waals surface area contributed by atoms with Crippen molar-refractivity contribution in [2.75, 3.05) is 18.5 Å². The number of likely N-dealkylation sites (tertiary alicyclic amines) is 1. The Bertz CT molecular complexity index is 1330. The van der Waals surface area contributed by atoms with Gasteiger partial charge < -0.3 is 24.8 Å². The number of carbonyl (C=O) groups is 1. The van der Waals surface area contributed by atoms with Crippen molar-refractivity contribution in [2.45, 2.75) is 91.6 Å². The molecule has 3 aromatic heterocycles. The Labute approximate surface area is 241 Å². The van der Waals surface area contributed by atoms with Gasteiger partial charge in [0.1, 0.15) is 18.2 Å². The number of nitrogens with zero attached hydrogens (tertiary/aromatic N) is 7. The number of fused-ring (bicyclic) bond motifs is 1. The summed E-state index contributed by atoms with van der Waals surface area (Å²) >= 11 is 6.65. The van der Waals surface area contributed by atoms with Crippen molar-refractivity contribution in [1.29, 1.82) is 0 Å². The van der Waals surface area contributed by atoms with Gasteiger partial charge in [0.05, 0.1) is 17.9 Å². The van der Waals surface area contributed by atoms with Gasteiger partial charge in [-0.15, -0.1) is 0 Å². The van der Waals surface area contributed by atoms with E-state index in [0.29, 0.717) is 37.0 Å². The summed E-state index contributed by atoms with van der Waals surface area (Å²) < 4.78 is 15.9. The Balaban J connectivity index is 1.72. The second kappa shape index (κ2) is 11.9. The molecule has 220 valence electrons. The molecule has 0 spiro atoms. The van der Waals surface area contributed by atoms with Crippen LogP contribution in [0, 0.1) is 5.41 Å². The third kappa shape index (κ3) is 7.05. The molecule has 12 nitrogen and oxygen atoms in total. The number of piperidine rings is 1. The maximum Gasteiger partial charge on any atom is 0.407 e. The van der Waals surface area contributed by atoms with Gasteiger partial charge in [-0.1, -0.05) is 52.0 Å². The molecule has 1 aliphatic rings. The number of aryl methyl sites for hydroxylation is 1. The van der Waals surface area contributed by atoms with Crippen molar-refractivity contribution in [3.63, 3.8) is 0 Å². The fraction of sp³-hybridized carbons (Fsp3) is 0.654. The van der Waals surface area contributed by atoms with Crippen LogP contribution >= 0.6 is 11.6 Å². The maximum atomic E-state index is 12.1. The number of aromatic nitrogens is 6. The number of ether oxygens (including phenoxy) is 2. The standard InChI is InChI=1S/C26H41ClN8O4Si/c1-8-33-15-17(14-28-33)29-24-30-22-19(21(27)32-35(22)16-38-12-13-40(5,6)7)23(31-24)39-18-10-9-11-34(25(36)37)20(18)26(2,3)4/h14-15,18,20H,8-13,16H2,1-7H3,(H,36,37)(H,29,30,31). The minimum absolute atomic E-state index is 0.179. The number of carboxylic acid groups (broad SMARTS) is 1. The molecule has 1 aliphatic heterocycles. The lowest BCUT2D eigenvalue weighted by Gasteiger charge is -2.46. The Morgan fingerprint density at radius 2 is 2.02 bits per heavy atom. The zero-order valence-corrected chi connectivity index (χ0v) is 26.2. The van der Waals surface area contributed by atoms with Gasteiger partial charge in [-0.2, -0.15) is 20.2 Å². The van der Waals surface area contributed by atoms with E-state index in [1.165, 1.54) is 4.90 Å². The smallest absolute Gasteiger partial charge is 0.407 e. The first kappa shape index (κ1) is 30.1. The summed E-state index contributed by atoms with van der Waals surface area (Å²) in [4.78, 5) is 23.0. The molecule has 4 rings (SSSR count). The predicted octanol–water partition coefficient (Wildman–Crippen LogP) is 5.69. The molecule has 0 bridgehead atoms. The molecule has 0 aliphatic carbocycles. The van der Waals surface area contributed by atoms with Gasteiger partial charge in [0.2, 0.25) is 11.8 Å². The summed E-state index contributed by atoms with van der Waals surface area (Å²) in [7, 11) is -1.26. The molecule has 2 atom stereocenters. The summed E-state index contributed by atoms with van der Waals surface area (Å²) in [5, 5.41) is 22.6. The molecular weight excluding hydrogens is 552 g/mol. The number of amides is 1. The highest BCUT2D eigenvalue weighted by Gasteiger charge is 2.43. The minimum Gasteiger partial charge on any atom is -0.471 e. The number of hydrogen-bond donors (Lipinski definition) is 2. The second-order valence-corrected chi connectivity index (χ2v) is 18.5. The van der Waals surface area contributed by atoms with Crippen molar-refractivity contribution in [1.82, 2.24) is 34.4 Å². The van der Waals surface area contributed by atoms with E-state index in [2.05, 4.69) is 35.2 Å². The van der Waals surface area contributed by atoms with Gasteiger partial charge in [0.15, 0.2) is 10.8 Å². The monoisotopic (exact) mass is 592 g/mol. The topological polar surface area (TPSA) is 132 Å². The molecule has 2 unspecified atom stereocenters. The van der Waals surface area contributed by atoms with Crippen molar-refractivity contribution < 1.29 is 19.4 Å². The first-order valence-corrected chi connectivity index (χ1v) is 17.8. The Kier molecular flexibility index (Phi) is 8.95. The maximum absolute atomic E-state index is 12.1. The minimum atomic E-state index is -1.26. The van der Waals surface area contributed by atoms with E-state index < -0.39 is 20.3 Å². The van der Waals surface area contributed by atoms with Crippen molar-refractivity contribution in [3.05, 3.63) is 17.5 Å². The van der Waals surface area contributed by atoms with Crippen LogP contribution < -0.4 is 10.1 Å². The first-order valence-electron chi connectivity index (χ1n) is 13.7. The van der Waals surface area contributed by atoms with Crippen LogP contribution in [0.5, 0.6) is 5.88 Å². The van der Waals surface area contributed by atoms with Gasteiger partial charge in [-0.05, 0) is 31.2 Å². The van der Waals surface area contributed by atoms with Gasteiger partial charge >= 0.3 is 6.09 Å². The molecule has 0 saturated carbocycles. The normalized spacial score (nSPS) is 18.4. The second-order valence-electron chi connectivity index (χ2n) is 12.5. The molecule has 40 heavy (non-hydrogen) atoms. The van der Waals surface area contributed by atoms with E-state index >= 15 is 0 Å². The van der Waals surface area contributed by atoms with Gasteiger partial charge in [0.25, 0.3) is 0 Å². The van der Waals surface area contributed by atoms with Crippen LogP contribution in [0.4, 0.5) is 16.4 Å². The van der Waals surface area contributed by atoms with E-state index in [9.17, 15) is 9.90 Å². The Hall–Kier alpha value is -2.90. The van der Waals surface area contributed by atoms with E-state index in [1.54, 1.807) is 15.6 Å². The molecule has 0 radical (unpaired) electrons. The lowest BCUT2D eigenvalue weighted by Crippen LogP contribution is -2.58. The lowest BCUT2D eigenvalue weighted by molar-refractivity contribution is -0.0195. The number of hydrogen-bond acceptors (Lipinski definition) is 8. The molecule has 1 amide bonds. The molecule has 3 aromatic rings.